The van der Waals surface area contributed by atoms with Gasteiger partial charge in [0, 0.05) is 17.8 Å². The van der Waals surface area contributed by atoms with Crippen molar-refractivity contribution < 1.29 is 4.79 Å². The van der Waals surface area contributed by atoms with E-state index in [1.807, 2.05) is 6.92 Å². The quantitative estimate of drug-likeness (QED) is 0.797. The molecule has 0 fully saturated rings. The van der Waals surface area contributed by atoms with E-state index in [9.17, 15) is 4.79 Å². The van der Waals surface area contributed by atoms with Gasteiger partial charge < -0.3 is 11.1 Å². The Kier molecular flexibility index (Phi) is 6.29. The molecule has 0 aromatic carbocycles. The minimum absolute atomic E-state index is 0.0784. The van der Waals surface area contributed by atoms with E-state index >= 15 is 0 Å². The van der Waals surface area contributed by atoms with Crippen LogP contribution >= 0.6 is 11.3 Å². The van der Waals surface area contributed by atoms with Crippen molar-refractivity contribution >= 4 is 17.2 Å². The molecule has 2 atom stereocenters. The van der Waals surface area contributed by atoms with Crippen LogP contribution in [0.5, 0.6) is 0 Å². The van der Waals surface area contributed by atoms with Gasteiger partial charge in [-0.25, -0.2) is 4.98 Å². The molecule has 0 aliphatic rings. The summed E-state index contributed by atoms with van der Waals surface area (Å²) in [7, 11) is 0. The summed E-state index contributed by atoms with van der Waals surface area (Å²) in [5.74, 6) is 0.550. The van der Waals surface area contributed by atoms with Gasteiger partial charge in [0.05, 0.1) is 5.01 Å². The minimum Gasteiger partial charge on any atom is -0.348 e. The summed E-state index contributed by atoms with van der Waals surface area (Å²) >= 11 is 1.50. The van der Waals surface area contributed by atoms with Crippen LogP contribution in [0.4, 0.5) is 0 Å². The maximum absolute atomic E-state index is 11.9. The first kappa shape index (κ1) is 15.1. The number of carbonyl (C=O) groups is 1. The van der Waals surface area contributed by atoms with E-state index in [1.54, 1.807) is 5.38 Å². The summed E-state index contributed by atoms with van der Waals surface area (Å²) in [6, 6.07) is 0.187. The van der Waals surface area contributed by atoms with E-state index in [4.69, 9.17) is 5.73 Å². The molecule has 3 N–H and O–H groups in total. The van der Waals surface area contributed by atoms with E-state index in [0.717, 1.165) is 24.3 Å². The maximum Gasteiger partial charge on any atom is 0.270 e. The molecule has 1 heterocycles. The van der Waals surface area contributed by atoms with E-state index in [0.29, 0.717) is 18.2 Å². The Morgan fingerprint density at radius 3 is 2.89 bits per heavy atom. The number of nitrogens with one attached hydrogen (secondary N) is 1. The average molecular weight is 269 g/mol. The summed E-state index contributed by atoms with van der Waals surface area (Å²) in [4.78, 5) is 16.2. The molecule has 0 bridgehead atoms. The van der Waals surface area contributed by atoms with Crippen LogP contribution < -0.4 is 11.1 Å². The molecule has 0 radical (unpaired) electrons. The molecule has 102 valence electrons. The second-order valence-electron chi connectivity index (χ2n) is 4.79. The van der Waals surface area contributed by atoms with E-state index < -0.39 is 0 Å². The first-order valence-electron chi connectivity index (χ1n) is 6.52. The Morgan fingerprint density at radius 1 is 1.56 bits per heavy atom. The molecule has 0 saturated carbocycles. The molecular formula is C13H23N3OS. The first-order valence-corrected chi connectivity index (χ1v) is 7.40. The molecule has 1 aromatic heterocycles. The third-order valence-corrected chi connectivity index (χ3v) is 3.88. The number of rotatable bonds is 7. The lowest BCUT2D eigenvalue weighted by Gasteiger charge is -2.16. The molecule has 0 spiro atoms. The average Bonchev–Trinajstić information content (AvgIpc) is 2.77. The number of hydrogen-bond donors (Lipinski definition) is 2. The minimum atomic E-state index is -0.0784. The van der Waals surface area contributed by atoms with Gasteiger partial charge in [0.1, 0.15) is 5.69 Å². The Morgan fingerprint density at radius 2 is 2.28 bits per heavy atom. The van der Waals surface area contributed by atoms with Gasteiger partial charge >= 0.3 is 0 Å². The summed E-state index contributed by atoms with van der Waals surface area (Å²) in [6.07, 6.45) is 2.87. The Bertz CT molecular complexity index is 378. The van der Waals surface area contributed by atoms with Crippen LogP contribution in [0.1, 0.15) is 49.1 Å². The molecule has 1 rings (SSSR count). The fraction of sp³-hybridized carbons (Fsp3) is 0.692. The fourth-order valence-corrected chi connectivity index (χ4v) is 2.57. The molecule has 0 aliphatic carbocycles. The lowest BCUT2D eigenvalue weighted by molar-refractivity contribution is 0.0931. The highest BCUT2D eigenvalue weighted by Crippen LogP contribution is 2.12. The van der Waals surface area contributed by atoms with Crippen molar-refractivity contribution in [2.24, 2.45) is 11.7 Å². The van der Waals surface area contributed by atoms with Crippen LogP contribution in [0.25, 0.3) is 0 Å². The number of amides is 1. The van der Waals surface area contributed by atoms with Gasteiger partial charge in [-0.3, -0.25) is 4.79 Å². The van der Waals surface area contributed by atoms with Crippen molar-refractivity contribution in [3.63, 3.8) is 0 Å². The predicted molar refractivity (Wildman–Crippen MR) is 75.9 cm³/mol. The summed E-state index contributed by atoms with van der Waals surface area (Å²) in [5.41, 5.74) is 5.98. The molecule has 1 amide bonds. The van der Waals surface area contributed by atoms with Crippen LogP contribution in [0.15, 0.2) is 5.38 Å². The third kappa shape index (κ3) is 4.74. The number of hydrogen-bond acceptors (Lipinski definition) is 4. The zero-order valence-corrected chi connectivity index (χ0v) is 12.2. The van der Waals surface area contributed by atoms with Crippen LogP contribution in [0, 0.1) is 5.92 Å². The van der Waals surface area contributed by atoms with Crippen molar-refractivity contribution in [1.82, 2.24) is 10.3 Å². The predicted octanol–water partition coefficient (Wildman–Crippen LogP) is 2.20. The Labute approximate surface area is 113 Å². The molecule has 2 unspecified atom stereocenters. The molecule has 0 aliphatic heterocycles. The van der Waals surface area contributed by atoms with Gasteiger partial charge in [-0.1, -0.05) is 20.3 Å². The smallest absolute Gasteiger partial charge is 0.270 e. The number of aromatic nitrogens is 1. The second-order valence-corrected chi connectivity index (χ2v) is 5.73. The van der Waals surface area contributed by atoms with E-state index in [-0.39, 0.29) is 11.9 Å². The van der Waals surface area contributed by atoms with Crippen LogP contribution in [-0.4, -0.2) is 23.5 Å². The molecule has 1 aromatic rings. The molecule has 4 nitrogen and oxygen atoms in total. The zero-order chi connectivity index (χ0) is 13.5. The fourth-order valence-electron chi connectivity index (χ4n) is 1.78. The highest BCUT2D eigenvalue weighted by molar-refractivity contribution is 7.09. The number of nitrogens with two attached hydrogens (primary N) is 1. The van der Waals surface area contributed by atoms with Crippen molar-refractivity contribution in [1.29, 1.82) is 0 Å². The zero-order valence-electron chi connectivity index (χ0n) is 11.4. The summed E-state index contributed by atoms with van der Waals surface area (Å²) < 4.78 is 0. The SMILES string of the molecule is CCC(C)CC(C)NC(=O)c1csc(CCN)n1. The van der Waals surface area contributed by atoms with E-state index in [2.05, 4.69) is 24.1 Å². The van der Waals surface area contributed by atoms with Gasteiger partial charge in [0.15, 0.2) is 0 Å². The monoisotopic (exact) mass is 269 g/mol. The first-order chi connectivity index (χ1) is 8.56. The normalized spacial score (nSPS) is 14.2. The van der Waals surface area contributed by atoms with Gasteiger partial charge in [-0.15, -0.1) is 11.3 Å². The lowest BCUT2D eigenvalue weighted by atomic mass is 10.0. The van der Waals surface area contributed by atoms with Crippen LogP contribution in [-0.2, 0) is 6.42 Å². The summed E-state index contributed by atoms with van der Waals surface area (Å²) in [5, 5.41) is 5.72. The maximum atomic E-state index is 11.9. The molecule has 0 saturated heterocycles. The second kappa shape index (κ2) is 7.48. The topological polar surface area (TPSA) is 68.0 Å². The number of nitrogens with zero attached hydrogens (tertiary/aromatic N) is 1. The van der Waals surface area contributed by atoms with Gasteiger partial charge in [-0.2, -0.15) is 0 Å². The Hall–Kier alpha value is -0.940. The van der Waals surface area contributed by atoms with Crippen molar-refractivity contribution in [3.05, 3.63) is 16.1 Å². The highest BCUT2D eigenvalue weighted by atomic mass is 32.1. The Balaban J connectivity index is 2.48. The summed E-state index contributed by atoms with van der Waals surface area (Å²) in [6.45, 7) is 6.97. The van der Waals surface area contributed by atoms with Crippen LogP contribution in [0.3, 0.4) is 0 Å². The lowest BCUT2D eigenvalue weighted by Crippen LogP contribution is -2.33. The third-order valence-electron chi connectivity index (χ3n) is 2.97. The number of carbonyl (C=O) groups excluding carboxylic acids is 1. The van der Waals surface area contributed by atoms with Gasteiger partial charge in [0.2, 0.25) is 0 Å². The number of thiazole rings is 1. The van der Waals surface area contributed by atoms with Gasteiger partial charge in [-0.05, 0) is 25.8 Å². The standard InChI is InChI=1S/C13H23N3OS/c1-4-9(2)7-10(3)15-13(17)11-8-18-12(16-11)5-6-14/h8-10H,4-7,14H2,1-3H3,(H,15,17). The molecule has 18 heavy (non-hydrogen) atoms. The van der Waals surface area contributed by atoms with Gasteiger partial charge in [0.25, 0.3) is 5.91 Å². The van der Waals surface area contributed by atoms with Crippen molar-refractivity contribution in [2.45, 2.75) is 46.1 Å². The molecular weight excluding hydrogens is 246 g/mol. The van der Waals surface area contributed by atoms with Crippen LogP contribution in [0.2, 0.25) is 0 Å². The van der Waals surface area contributed by atoms with E-state index in [1.165, 1.54) is 11.3 Å². The van der Waals surface area contributed by atoms with Crippen molar-refractivity contribution in [3.8, 4) is 0 Å². The highest BCUT2D eigenvalue weighted by Gasteiger charge is 2.14. The van der Waals surface area contributed by atoms with Crippen molar-refractivity contribution in [2.75, 3.05) is 6.54 Å². The largest absolute Gasteiger partial charge is 0.348 e. The molecule has 5 heteroatoms.